The first kappa shape index (κ1) is 15.5. The van der Waals surface area contributed by atoms with Crippen molar-refractivity contribution in [2.45, 2.75) is 18.7 Å². The molecule has 0 amide bonds. The molecule has 0 atom stereocenters. The molecule has 0 saturated heterocycles. The predicted molar refractivity (Wildman–Crippen MR) is 71.4 cm³/mol. The number of rotatable bonds is 5. The number of carboxylic acid groups (broad SMARTS) is 1. The van der Waals surface area contributed by atoms with Crippen molar-refractivity contribution < 1.29 is 23.1 Å². The van der Waals surface area contributed by atoms with Gasteiger partial charge in [0, 0.05) is 10.7 Å². The Hall–Kier alpha value is -1.53. The third-order valence-electron chi connectivity index (χ3n) is 2.19. The lowest BCUT2D eigenvalue weighted by Crippen LogP contribution is -2.05. The second kappa shape index (κ2) is 6.08. The molecule has 1 aromatic carbocycles. The van der Waals surface area contributed by atoms with Crippen LogP contribution < -0.4 is 4.74 Å². The second-order valence-corrected chi connectivity index (χ2v) is 6.56. The second-order valence-electron chi connectivity index (χ2n) is 3.99. The molecule has 0 aromatic heterocycles. The van der Waals surface area contributed by atoms with Crippen molar-refractivity contribution in [3.05, 3.63) is 35.4 Å². The lowest BCUT2D eigenvalue weighted by atomic mass is 10.2. The quantitative estimate of drug-likeness (QED) is 0.668. The number of hydrogen-bond acceptors (Lipinski definition) is 4. The van der Waals surface area contributed by atoms with Gasteiger partial charge in [-0.15, -0.1) is 0 Å². The number of benzene rings is 1. The first-order chi connectivity index (χ1) is 8.71. The van der Waals surface area contributed by atoms with Crippen molar-refractivity contribution in [1.82, 2.24) is 0 Å². The molecule has 1 rings (SSSR count). The molecule has 0 aliphatic heterocycles. The van der Waals surface area contributed by atoms with Crippen LogP contribution in [0.1, 0.15) is 24.2 Å². The smallest absolute Gasteiger partial charge is 0.339 e. The van der Waals surface area contributed by atoms with Crippen LogP contribution in [-0.4, -0.2) is 26.1 Å². The average molecular weight is 305 g/mol. The molecule has 0 unspecified atom stereocenters. The van der Waals surface area contributed by atoms with E-state index in [0.717, 1.165) is 11.6 Å². The minimum atomic E-state index is -3.97. The van der Waals surface area contributed by atoms with E-state index >= 15 is 0 Å². The summed E-state index contributed by atoms with van der Waals surface area (Å²) in [5, 5.41) is 9.03. The van der Waals surface area contributed by atoms with E-state index in [1.165, 1.54) is 12.1 Å². The van der Waals surface area contributed by atoms with Crippen LogP contribution in [0.5, 0.6) is 5.75 Å². The molecule has 7 heteroatoms. The fraction of sp³-hybridized carbons (Fsp3) is 0.250. The zero-order valence-electron chi connectivity index (χ0n) is 10.4. The summed E-state index contributed by atoms with van der Waals surface area (Å²) in [6.07, 6.45) is 1.78. The molecule has 104 valence electrons. The average Bonchev–Trinajstić information content (AvgIpc) is 2.27. The Morgan fingerprint density at radius 3 is 2.53 bits per heavy atom. The summed E-state index contributed by atoms with van der Waals surface area (Å²) in [5.41, 5.74) is 0.778. The Balaban J connectivity index is 3.13. The summed E-state index contributed by atoms with van der Waals surface area (Å²) in [5.74, 6) is -1.19. The Labute approximate surface area is 115 Å². The van der Waals surface area contributed by atoms with E-state index in [0.29, 0.717) is 0 Å². The molecule has 0 spiro atoms. The van der Waals surface area contributed by atoms with Gasteiger partial charge in [-0.05, 0) is 38.1 Å². The third kappa shape index (κ3) is 4.57. The molecule has 0 heterocycles. The maximum absolute atomic E-state index is 11.1. The van der Waals surface area contributed by atoms with Gasteiger partial charge in [-0.25, -0.2) is 13.2 Å². The maximum atomic E-state index is 11.1. The molecule has 0 bridgehead atoms. The molecule has 0 aliphatic carbocycles. The molecule has 0 aliphatic rings. The Morgan fingerprint density at radius 1 is 1.42 bits per heavy atom. The van der Waals surface area contributed by atoms with Crippen LogP contribution in [0, 0.1) is 0 Å². The van der Waals surface area contributed by atoms with E-state index in [9.17, 15) is 13.2 Å². The normalized spacial score (nSPS) is 10.9. The number of allylic oxidation sites excluding steroid dienone is 1. The zero-order valence-corrected chi connectivity index (χ0v) is 12.0. The zero-order chi connectivity index (χ0) is 14.6. The van der Waals surface area contributed by atoms with Crippen LogP contribution in [0.3, 0.4) is 0 Å². The fourth-order valence-corrected chi connectivity index (χ4v) is 2.03. The van der Waals surface area contributed by atoms with Gasteiger partial charge in [0.15, 0.2) is 0 Å². The Bertz CT molecular complexity index is 615. The van der Waals surface area contributed by atoms with Crippen molar-refractivity contribution >= 4 is 25.7 Å². The van der Waals surface area contributed by atoms with Crippen LogP contribution >= 0.6 is 10.7 Å². The highest BCUT2D eigenvalue weighted by Crippen LogP contribution is 2.24. The van der Waals surface area contributed by atoms with Crippen molar-refractivity contribution in [3.8, 4) is 5.75 Å². The monoisotopic (exact) mass is 304 g/mol. The molecule has 1 aromatic rings. The summed E-state index contributed by atoms with van der Waals surface area (Å²) < 4.78 is 27.6. The molecule has 0 saturated carbocycles. The number of carbonyl (C=O) groups is 1. The Morgan fingerprint density at radius 2 is 2.05 bits per heavy atom. The number of aromatic carboxylic acids is 1. The molecular formula is C12H13ClO5S. The minimum Gasteiger partial charge on any atom is -0.489 e. The highest BCUT2D eigenvalue weighted by atomic mass is 35.7. The molecule has 5 nitrogen and oxygen atoms in total. The van der Waals surface area contributed by atoms with Gasteiger partial charge in [-0.1, -0.05) is 5.57 Å². The van der Waals surface area contributed by atoms with Crippen molar-refractivity contribution in [3.63, 3.8) is 0 Å². The van der Waals surface area contributed by atoms with Crippen molar-refractivity contribution in [2.75, 3.05) is 6.61 Å². The lowest BCUT2D eigenvalue weighted by Gasteiger charge is -2.08. The standard InChI is InChI=1S/C12H13ClO5S/c1-8(2)5-6-18-11-4-3-9(19(13,16)17)7-10(11)12(14)15/h3-5,7H,6H2,1-2H3,(H,14,15). The summed E-state index contributed by atoms with van der Waals surface area (Å²) in [6.45, 7) is 3.96. The molecule has 1 N–H and O–H groups in total. The Kier molecular flexibility index (Phi) is 4.97. The van der Waals surface area contributed by atoms with Gasteiger partial charge in [0.25, 0.3) is 9.05 Å². The van der Waals surface area contributed by atoms with Gasteiger partial charge in [-0.2, -0.15) is 0 Å². The molecule has 0 fully saturated rings. The van der Waals surface area contributed by atoms with E-state index in [1.807, 2.05) is 13.8 Å². The third-order valence-corrected chi connectivity index (χ3v) is 3.54. The lowest BCUT2D eigenvalue weighted by molar-refractivity contribution is 0.0692. The van der Waals surface area contributed by atoms with Gasteiger partial charge in [0.05, 0.1) is 4.90 Å². The van der Waals surface area contributed by atoms with Crippen LogP contribution in [0.15, 0.2) is 34.7 Å². The first-order valence-electron chi connectivity index (χ1n) is 5.30. The first-order valence-corrected chi connectivity index (χ1v) is 7.61. The predicted octanol–water partition coefficient (Wildman–Crippen LogP) is 2.66. The fourth-order valence-electron chi connectivity index (χ4n) is 1.25. The van der Waals surface area contributed by atoms with Gasteiger partial charge >= 0.3 is 5.97 Å². The van der Waals surface area contributed by atoms with E-state index in [1.54, 1.807) is 6.08 Å². The van der Waals surface area contributed by atoms with Gasteiger partial charge in [0.2, 0.25) is 0 Å². The number of halogens is 1. The number of carboxylic acids is 1. The van der Waals surface area contributed by atoms with Crippen LogP contribution in [0.4, 0.5) is 0 Å². The summed E-state index contributed by atoms with van der Waals surface area (Å²) in [7, 11) is 1.19. The largest absolute Gasteiger partial charge is 0.489 e. The van der Waals surface area contributed by atoms with Crippen LogP contribution in [0.2, 0.25) is 0 Å². The molecular weight excluding hydrogens is 292 g/mol. The summed E-state index contributed by atoms with van der Waals surface area (Å²) in [6, 6.07) is 3.45. The topological polar surface area (TPSA) is 80.7 Å². The van der Waals surface area contributed by atoms with E-state index in [4.69, 9.17) is 20.5 Å². The summed E-state index contributed by atoms with van der Waals surface area (Å²) in [4.78, 5) is 10.8. The van der Waals surface area contributed by atoms with Crippen LogP contribution in [0.25, 0.3) is 0 Å². The van der Waals surface area contributed by atoms with E-state index in [-0.39, 0.29) is 22.8 Å². The molecule has 0 radical (unpaired) electrons. The highest BCUT2D eigenvalue weighted by molar-refractivity contribution is 8.13. The van der Waals surface area contributed by atoms with Gasteiger partial charge in [-0.3, -0.25) is 0 Å². The molecule has 19 heavy (non-hydrogen) atoms. The highest BCUT2D eigenvalue weighted by Gasteiger charge is 2.17. The van der Waals surface area contributed by atoms with E-state index in [2.05, 4.69) is 0 Å². The van der Waals surface area contributed by atoms with Crippen molar-refractivity contribution in [2.24, 2.45) is 0 Å². The van der Waals surface area contributed by atoms with Crippen molar-refractivity contribution in [1.29, 1.82) is 0 Å². The summed E-state index contributed by atoms with van der Waals surface area (Å²) >= 11 is 0. The number of hydrogen-bond donors (Lipinski definition) is 1. The SMILES string of the molecule is CC(C)=CCOc1ccc(S(=O)(=O)Cl)cc1C(=O)O. The van der Waals surface area contributed by atoms with Gasteiger partial charge in [0.1, 0.15) is 17.9 Å². The van der Waals surface area contributed by atoms with Gasteiger partial charge < -0.3 is 9.84 Å². The van der Waals surface area contributed by atoms with E-state index < -0.39 is 15.0 Å². The maximum Gasteiger partial charge on any atom is 0.339 e. The van der Waals surface area contributed by atoms with Crippen LogP contribution in [-0.2, 0) is 9.05 Å². The number of ether oxygens (including phenoxy) is 1. The minimum absolute atomic E-state index is 0.0917.